The summed E-state index contributed by atoms with van der Waals surface area (Å²) in [6, 6.07) is 15.3. The predicted octanol–water partition coefficient (Wildman–Crippen LogP) is 3.72. The largest absolute Gasteiger partial charge is 0.497 e. The van der Waals surface area contributed by atoms with Crippen LogP contribution in [0.5, 0.6) is 5.75 Å². The van der Waals surface area contributed by atoms with Gasteiger partial charge in [-0.05, 0) is 31.2 Å². The molecule has 0 aliphatic rings. The molecule has 0 radical (unpaired) electrons. The van der Waals surface area contributed by atoms with Crippen LogP contribution in [0.3, 0.4) is 0 Å². The summed E-state index contributed by atoms with van der Waals surface area (Å²) in [7, 11) is 3.42. The van der Waals surface area contributed by atoms with Gasteiger partial charge in [-0.2, -0.15) is 0 Å². The summed E-state index contributed by atoms with van der Waals surface area (Å²) in [6.45, 7) is 1.89. The number of benzene rings is 2. The summed E-state index contributed by atoms with van der Waals surface area (Å²) in [5.41, 5.74) is 2.63. The zero-order valence-corrected chi connectivity index (χ0v) is 14.6. The maximum Gasteiger partial charge on any atom is 0.240 e. The van der Waals surface area contributed by atoms with E-state index < -0.39 is 0 Å². The number of ether oxygens (including phenoxy) is 1. The number of nitrogens with one attached hydrogen (secondary N) is 1. The Morgan fingerprint density at radius 1 is 1.25 bits per heavy atom. The molecule has 1 heterocycles. The number of rotatable bonds is 5. The average molecular weight is 341 g/mol. The lowest BCUT2D eigenvalue weighted by Gasteiger charge is -2.20. The van der Waals surface area contributed by atoms with Gasteiger partial charge in [0.2, 0.25) is 5.91 Å². The zero-order chi connectivity index (χ0) is 17.1. The van der Waals surface area contributed by atoms with Gasteiger partial charge in [-0.1, -0.05) is 30.0 Å². The van der Waals surface area contributed by atoms with Crippen molar-refractivity contribution in [1.29, 1.82) is 0 Å². The van der Waals surface area contributed by atoms with Crippen LogP contribution >= 0.6 is 11.8 Å². The number of nitrogens with zero attached hydrogens (tertiary/aromatic N) is 2. The maximum atomic E-state index is 12.6. The van der Waals surface area contributed by atoms with Crippen LogP contribution in [0.1, 0.15) is 6.92 Å². The topological polar surface area (TPSA) is 58.2 Å². The van der Waals surface area contributed by atoms with Gasteiger partial charge in [-0.25, -0.2) is 4.98 Å². The third kappa shape index (κ3) is 3.38. The van der Waals surface area contributed by atoms with Crippen molar-refractivity contribution in [3.63, 3.8) is 0 Å². The fourth-order valence-electron chi connectivity index (χ4n) is 2.42. The Hall–Kier alpha value is -2.47. The quantitative estimate of drug-likeness (QED) is 0.719. The molecule has 0 spiro atoms. The van der Waals surface area contributed by atoms with E-state index in [9.17, 15) is 4.79 Å². The normalized spacial score (nSPS) is 12.1. The Kier molecular flexibility index (Phi) is 4.76. The van der Waals surface area contributed by atoms with Crippen LogP contribution in [0.25, 0.3) is 11.0 Å². The molecule has 1 unspecified atom stereocenters. The second-order valence-corrected chi connectivity index (χ2v) is 6.75. The second-order valence-electron chi connectivity index (χ2n) is 5.42. The molecule has 1 aromatic heterocycles. The number of para-hydroxylation sites is 1. The number of aromatic amines is 1. The van der Waals surface area contributed by atoms with Crippen molar-refractivity contribution in [1.82, 2.24) is 9.97 Å². The number of H-pyrrole nitrogens is 1. The lowest BCUT2D eigenvalue weighted by Crippen LogP contribution is -2.33. The van der Waals surface area contributed by atoms with Gasteiger partial charge in [0.25, 0.3) is 0 Å². The van der Waals surface area contributed by atoms with Gasteiger partial charge in [0, 0.05) is 18.8 Å². The first-order valence-electron chi connectivity index (χ1n) is 7.61. The minimum Gasteiger partial charge on any atom is -0.497 e. The van der Waals surface area contributed by atoms with E-state index in [1.807, 2.05) is 55.5 Å². The molecule has 5 nitrogen and oxygen atoms in total. The Balaban J connectivity index is 1.74. The number of hydrogen-bond donors (Lipinski definition) is 1. The third-order valence-corrected chi connectivity index (χ3v) is 4.75. The zero-order valence-electron chi connectivity index (χ0n) is 13.8. The number of amides is 1. The molecule has 2 aromatic carbocycles. The summed E-state index contributed by atoms with van der Waals surface area (Å²) >= 11 is 1.42. The van der Waals surface area contributed by atoms with Crippen LogP contribution < -0.4 is 9.64 Å². The van der Waals surface area contributed by atoms with Crippen LogP contribution in [0.15, 0.2) is 53.7 Å². The van der Waals surface area contributed by atoms with Crippen molar-refractivity contribution in [2.45, 2.75) is 17.3 Å². The van der Waals surface area contributed by atoms with Crippen molar-refractivity contribution in [3.8, 4) is 5.75 Å². The average Bonchev–Trinajstić information content (AvgIpc) is 3.02. The number of fused-ring (bicyclic) bond motifs is 1. The van der Waals surface area contributed by atoms with E-state index in [2.05, 4.69) is 9.97 Å². The van der Waals surface area contributed by atoms with Crippen molar-refractivity contribution >= 4 is 34.4 Å². The first-order chi connectivity index (χ1) is 11.6. The highest BCUT2D eigenvalue weighted by molar-refractivity contribution is 8.00. The first-order valence-corrected chi connectivity index (χ1v) is 8.49. The summed E-state index contributed by atoms with van der Waals surface area (Å²) in [5, 5.41) is 0.471. The van der Waals surface area contributed by atoms with E-state index in [1.54, 1.807) is 19.1 Å². The maximum absolute atomic E-state index is 12.6. The lowest BCUT2D eigenvalue weighted by atomic mass is 10.3. The Labute approximate surface area is 145 Å². The van der Waals surface area contributed by atoms with Crippen molar-refractivity contribution in [3.05, 3.63) is 48.5 Å². The molecule has 0 aliphatic heterocycles. The molecule has 1 amide bonds. The van der Waals surface area contributed by atoms with E-state index in [4.69, 9.17) is 4.74 Å². The number of aromatic nitrogens is 2. The molecule has 6 heteroatoms. The molecule has 3 rings (SSSR count). The molecule has 0 bridgehead atoms. The monoisotopic (exact) mass is 341 g/mol. The van der Waals surface area contributed by atoms with Gasteiger partial charge >= 0.3 is 0 Å². The molecule has 0 saturated carbocycles. The number of carbonyl (C=O) groups excluding carboxylic acids is 1. The van der Waals surface area contributed by atoms with E-state index >= 15 is 0 Å². The molecule has 0 saturated heterocycles. The number of hydrogen-bond acceptors (Lipinski definition) is 4. The van der Waals surface area contributed by atoms with Crippen molar-refractivity contribution < 1.29 is 9.53 Å². The molecule has 0 aliphatic carbocycles. The minimum absolute atomic E-state index is 0.0317. The summed E-state index contributed by atoms with van der Waals surface area (Å²) in [6.07, 6.45) is 0. The third-order valence-electron chi connectivity index (χ3n) is 3.78. The van der Waals surface area contributed by atoms with Crippen molar-refractivity contribution in [2.24, 2.45) is 0 Å². The Bertz CT molecular complexity index is 848. The molecule has 3 aromatic rings. The van der Waals surface area contributed by atoms with E-state index in [0.717, 1.165) is 27.6 Å². The van der Waals surface area contributed by atoms with Gasteiger partial charge in [-0.3, -0.25) is 4.79 Å². The van der Waals surface area contributed by atoms with Crippen molar-refractivity contribution in [2.75, 3.05) is 19.1 Å². The Morgan fingerprint density at radius 2 is 2.00 bits per heavy atom. The molecule has 1 atom stereocenters. The van der Waals surface area contributed by atoms with E-state index in [-0.39, 0.29) is 11.2 Å². The standard InChI is InChI=1S/C18H19N3O2S/c1-12(17(22)21(2)13-7-5-4-6-8-13)24-18-19-15-10-9-14(23-3)11-16(15)20-18/h4-12H,1-3H3,(H,19,20). The van der Waals surface area contributed by atoms with E-state index in [0.29, 0.717) is 0 Å². The fraction of sp³-hybridized carbons (Fsp3) is 0.222. The SMILES string of the molecule is COc1ccc2nc(SC(C)C(=O)N(C)c3ccccc3)[nH]c2c1. The van der Waals surface area contributed by atoms with Gasteiger partial charge in [0.05, 0.1) is 23.4 Å². The second kappa shape index (κ2) is 6.97. The molecular weight excluding hydrogens is 322 g/mol. The van der Waals surface area contributed by atoms with Gasteiger partial charge in [0.15, 0.2) is 5.16 Å². The molecular formula is C18H19N3O2S. The van der Waals surface area contributed by atoms with Crippen LogP contribution in [0.4, 0.5) is 5.69 Å². The number of imidazole rings is 1. The highest BCUT2D eigenvalue weighted by Gasteiger charge is 2.21. The van der Waals surface area contributed by atoms with Crippen LogP contribution in [0, 0.1) is 0 Å². The summed E-state index contributed by atoms with van der Waals surface area (Å²) in [4.78, 5) is 22.0. The lowest BCUT2D eigenvalue weighted by molar-refractivity contribution is -0.117. The number of methoxy groups -OCH3 is 1. The minimum atomic E-state index is -0.252. The summed E-state index contributed by atoms with van der Waals surface area (Å²) in [5.74, 6) is 0.805. The van der Waals surface area contributed by atoms with Gasteiger partial charge in [-0.15, -0.1) is 0 Å². The van der Waals surface area contributed by atoms with Crippen LogP contribution in [0.2, 0.25) is 0 Å². The molecule has 24 heavy (non-hydrogen) atoms. The molecule has 124 valence electrons. The highest BCUT2D eigenvalue weighted by Crippen LogP contribution is 2.27. The smallest absolute Gasteiger partial charge is 0.240 e. The number of carbonyl (C=O) groups is 1. The van der Waals surface area contributed by atoms with Crippen LogP contribution in [-0.2, 0) is 4.79 Å². The predicted molar refractivity (Wildman–Crippen MR) is 97.8 cm³/mol. The van der Waals surface area contributed by atoms with E-state index in [1.165, 1.54) is 11.8 Å². The molecule has 0 fully saturated rings. The fourth-order valence-corrected chi connectivity index (χ4v) is 3.33. The summed E-state index contributed by atoms with van der Waals surface area (Å²) < 4.78 is 5.22. The van der Waals surface area contributed by atoms with Gasteiger partial charge in [0.1, 0.15) is 5.75 Å². The highest BCUT2D eigenvalue weighted by atomic mass is 32.2. The Morgan fingerprint density at radius 3 is 2.71 bits per heavy atom. The number of anilines is 1. The van der Waals surface area contributed by atoms with Gasteiger partial charge < -0.3 is 14.6 Å². The molecule has 1 N–H and O–H groups in total. The van der Waals surface area contributed by atoms with Crippen LogP contribution in [-0.4, -0.2) is 35.3 Å². The first kappa shape index (κ1) is 16.4. The number of thioether (sulfide) groups is 1.